The van der Waals surface area contributed by atoms with Crippen LogP contribution in [0.25, 0.3) is 5.69 Å². The van der Waals surface area contributed by atoms with Gasteiger partial charge in [0, 0.05) is 11.6 Å². The summed E-state index contributed by atoms with van der Waals surface area (Å²) in [5.74, 6) is -0.880. The Bertz CT molecular complexity index is 772. The van der Waals surface area contributed by atoms with Gasteiger partial charge in [-0.3, -0.25) is 4.79 Å². The second-order valence-electron chi connectivity index (χ2n) is 5.72. The lowest BCUT2D eigenvalue weighted by Gasteiger charge is -2.31. The number of aliphatic carboxylic acids is 1. The highest BCUT2D eigenvalue weighted by molar-refractivity contribution is 6.30. The quantitative estimate of drug-likeness (QED) is 0.919. The van der Waals surface area contributed by atoms with Crippen molar-refractivity contribution in [3.05, 3.63) is 40.9 Å². The molecule has 1 saturated heterocycles. The van der Waals surface area contributed by atoms with Crippen LogP contribution in [0.3, 0.4) is 0 Å². The summed E-state index contributed by atoms with van der Waals surface area (Å²) >= 11 is 5.88. The van der Waals surface area contributed by atoms with Crippen molar-refractivity contribution in [2.75, 3.05) is 6.54 Å². The molecule has 7 nitrogen and oxygen atoms in total. The molecule has 1 N–H and O–H groups in total. The van der Waals surface area contributed by atoms with Crippen molar-refractivity contribution in [2.45, 2.75) is 32.2 Å². The summed E-state index contributed by atoms with van der Waals surface area (Å²) in [6.45, 7) is 2.15. The second kappa shape index (κ2) is 6.60. The Morgan fingerprint density at radius 1 is 1.25 bits per heavy atom. The van der Waals surface area contributed by atoms with E-state index >= 15 is 0 Å². The predicted octanol–water partition coefficient (Wildman–Crippen LogP) is 2.31. The van der Waals surface area contributed by atoms with Gasteiger partial charge in [0.15, 0.2) is 0 Å². The minimum absolute atomic E-state index is 0.00981. The average molecular weight is 349 g/mol. The molecule has 1 aromatic heterocycles. The van der Waals surface area contributed by atoms with Crippen molar-refractivity contribution in [1.29, 1.82) is 0 Å². The van der Waals surface area contributed by atoms with E-state index in [1.807, 2.05) is 0 Å². The molecule has 0 aliphatic carbocycles. The Morgan fingerprint density at radius 3 is 2.62 bits per heavy atom. The van der Waals surface area contributed by atoms with E-state index in [9.17, 15) is 14.7 Å². The molecule has 1 aromatic carbocycles. The molecule has 1 aliphatic heterocycles. The number of carboxylic acid groups (broad SMARTS) is 1. The minimum atomic E-state index is -0.989. The summed E-state index contributed by atoms with van der Waals surface area (Å²) in [6, 6.07) is 6.20. The highest BCUT2D eigenvalue weighted by Gasteiger charge is 2.34. The van der Waals surface area contributed by atoms with Gasteiger partial charge in [-0.05, 0) is 50.5 Å². The number of benzene rings is 1. The van der Waals surface area contributed by atoms with E-state index in [0.717, 1.165) is 18.5 Å². The van der Waals surface area contributed by atoms with Crippen LogP contribution in [0.1, 0.15) is 35.7 Å². The largest absolute Gasteiger partial charge is 0.480 e. The molecule has 1 amide bonds. The first-order valence-corrected chi connectivity index (χ1v) is 8.08. The third-order valence-electron chi connectivity index (χ3n) is 4.08. The SMILES string of the molecule is Cc1nc(C(=O)N2CCCC[C@H]2C(=O)O)nn1-c1ccc(Cl)cc1. The van der Waals surface area contributed by atoms with E-state index < -0.39 is 17.9 Å². The summed E-state index contributed by atoms with van der Waals surface area (Å²) in [5, 5.41) is 14.2. The zero-order valence-corrected chi connectivity index (χ0v) is 13.9. The number of carbonyl (C=O) groups is 2. The molecule has 0 spiro atoms. The van der Waals surface area contributed by atoms with Crippen LogP contribution in [-0.4, -0.2) is 49.2 Å². The monoisotopic (exact) mass is 348 g/mol. The number of rotatable bonds is 3. The zero-order valence-electron chi connectivity index (χ0n) is 13.1. The standard InChI is InChI=1S/C16H17ClN4O3/c1-10-18-14(19-21(10)12-7-5-11(17)6-8-12)15(22)20-9-3-2-4-13(20)16(23)24/h5-8,13H,2-4,9H2,1H3,(H,23,24)/t13-/m0/s1. The summed E-state index contributed by atoms with van der Waals surface area (Å²) < 4.78 is 1.54. The summed E-state index contributed by atoms with van der Waals surface area (Å²) in [4.78, 5) is 29.6. The highest BCUT2D eigenvalue weighted by atomic mass is 35.5. The molecule has 24 heavy (non-hydrogen) atoms. The molecule has 8 heteroatoms. The van der Waals surface area contributed by atoms with Crippen LogP contribution in [0.15, 0.2) is 24.3 Å². The lowest BCUT2D eigenvalue weighted by molar-refractivity contribution is -0.143. The smallest absolute Gasteiger partial charge is 0.326 e. The number of hydrogen-bond acceptors (Lipinski definition) is 4. The molecule has 126 valence electrons. The lowest BCUT2D eigenvalue weighted by Crippen LogP contribution is -2.48. The molecule has 1 aliphatic rings. The van der Waals surface area contributed by atoms with Crippen LogP contribution in [0.4, 0.5) is 0 Å². The number of halogens is 1. The first kappa shape index (κ1) is 16.4. The van der Waals surface area contributed by atoms with E-state index in [-0.39, 0.29) is 5.82 Å². The van der Waals surface area contributed by atoms with Gasteiger partial charge < -0.3 is 10.0 Å². The first-order valence-electron chi connectivity index (χ1n) is 7.71. The molecule has 2 heterocycles. The van der Waals surface area contributed by atoms with Crippen molar-refractivity contribution < 1.29 is 14.7 Å². The number of hydrogen-bond donors (Lipinski definition) is 1. The van der Waals surface area contributed by atoms with Crippen LogP contribution in [-0.2, 0) is 4.79 Å². The Kier molecular flexibility index (Phi) is 4.53. The van der Waals surface area contributed by atoms with Gasteiger partial charge in [-0.1, -0.05) is 11.6 Å². The normalized spacial score (nSPS) is 17.8. The zero-order chi connectivity index (χ0) is 17.3. The maximum Gasteiger partial charge on any atom is 0.326 e. The minimum Gasteiger partial charge on any atom is -0.480 e. The van der Waals surface area contributed by atoms with Crippen molar-refractivity contribution in [2.24, 2.45) is 0 Å². The van der Waals surface area contributed by atoms with E-state index in [0.29, 0.717) is 23.8 Å². The Hall–Kier alpha value is -2.41. The number of aryl methyl sites for hydroxylation is 1. The predicted molar refractivity (Wildman–Crippen MR) is 87.4 cm³/mol. The fourth-order valence-corrected chi connectivity index (χ4v) is 2.99. The van der Waals surface area contributed by atoms with Crippen molar-refractivity contribution in [3.8, 4) is 5.69 Å². The molecule has 0 saturated carbocycles. The lowest BCUT2D eigenvalue weighted by atomic mass is 10.0. The Labute approximate surface area is 143 Å². The number of carbonyl (C=O) groups excluding carboxylic acids is 1. The number of piperidine rings is 1. The molecule has 0 bridgehead atoms. The van der Waals surface area contributed by atoms with Crippen LogP contribution in [0.5, 0.6) is 0 Å². The first-order chi connectivity index (χ1) is 11.5. The van der Waals surface area contributed by atoms with Crippen molar-refractivity contribution in [1.82, 2.24) is 19.7 Å². The number of likely N-dealkylation sites (tertiary alicyclic amines) is 1. The van der Waals surface area contributed by atoms with Gasteiger partial charge >= 0.3 is 5.97 Å². The molecule has 1 atom stereocenters. The van der Waals surface area contributed by atoms with Crippen molar-refractivity contribution >= 4 is 23.5 Å². The number of carboxylic acids is 1. The third kappa shape index (κ3) is 3.12. The van der Waals surface area contributed by atoms with E-state index in [1.54, 1.807) is 35.9 Å². The molecular weight excluding hydrogens is 332 g/mol. The highest BCUT2D eigenvalue weighted by Crippen LogP contribution is 2.20. The number of amides is 1. The summed E-state index contributed by atoms with van der Waals surface area (Å²) in [7, 11) is 0. The number of nitrogens with zero attached hydrogens (tertiary/aromatic N) is 4. The van der Waals surface area contributed by atoms with Gasteiger partial charge in [-0.25, -0.2) is 14.5 Å². The van der Waals surface area contributed by atoms with Gasteiger partial charge in [-0.15, -0.1) is 5.10 Å². The maximum absolute atomic E-state index is 12.7. The molecule has 0 unspecified atom stereocenters. The Balaban J connectivity index is 1.89. The Morgan fingerprint density at radius 2 is 1.96 bits per heavy atom. The van der Waals surface area contributed by atoms with E-state index in [4.69, 9.17) is 11.6 Å². The van der Waals surface area contributed by atoms with Gasteiger partial charge in [0.1, 0.15) is 11.9 Å². The van der Waals surface area contributed by atoms with Gasteiger partial charge in [0.2, 0.25) is 5.82 Å². The second-order valence-corrected chi connectivity index (χ2v) is 6.16. The summed E-state index contributed by atoms with van der Waals surface area (Å²) in [5.41, 5.74) is 0.733. The summed E-state index contributed by atoms with van der Waals surface area (Å²) in [6.07, 6.45) is 2.04. The topological polar surface area (TPSA) is 88.3 Å². The average Bonchev–Trinajstić information content (AvgIpc) is 2.96. The molecular formula is C16H17ClN4O3. The van der Waals surface area contributed by atoms with Gasteiger partial charge in [0.05, 0.1) is 5.69 Å². The van der Waals surface area contributed by atoms with Gasteiger partial charge in [-0.2, -0.15) is 0 Å². The molecule has 2 aromatic rings. The van der Waals surface area contributed by atoms with Crippen LogP contribution < -0.4 is 0 Å². The fraction of sp³-hybridized carbons (Fsp3) is 0.375. The van der Waals surface area contributed by atoms with Crippen LogP contribution in [0.2, 0.25) is 5.02 Å². The van der Waals surface area contributed by atoms with E-state index in [2.05, 4.69) is 10.1 Å². The molecule has 0 radical (unpaired) electrons. The van der Waals surface area contributed by atoms with Crippen molar-refractivity contribution in [3.63, 3.8) is 0 Å². The van der Waals surface area contributed by atoms with Gasteiger partial charge in [0.25, 0.3) is 5.91 Å². The third-order valence-corrected chi connectivity index (χ3v) is 4.33. The maximum atomic E-state index is 12.7. The molecule has 1 fully saturated rings. The molecule has 3 rings (SSSR count). The number of aromatic nitrogens is 3. The van der Waals surface area contributed by atoms with Crippen LogP contribution >= 0.6 is 11.6 Å². The van der Waals surface area contributed by atoms with E-state index in [1.165, 1.54) is 4.90 Å². The fourth-order valence-electron chi connectivity index (χ4n) is 2.87. The van der Waals surface area contributed by atoms with Crippen LogP contribution in [0, 0.1) is 6.92 Å².